The van der Waals surface area contributed by atoms with Crippen LogP contribution < -0.4 is 0 Å². The Morgan fingerprint density at radius 1 is 0.850 bits per heavy atom. The SMILES string of the molecule is COOC(=O)c1ccccc1.O=C(O)c1ccccc1. The van der Waals surface area contributed by atoms with Gasteiger partial charge in [-0.3, -0.25) is 4.89 Å². The van der Waals surface area contributed by atoms with Gasteiger partial charge in [0, 0.05) is 0 Å². The van der Waals surface area contributed by atoms with Gasteiger partial charge in [-0.05, 0) is 24.3 Å². The highest BCUT2D eigenvalue weighted by Crippen LogP contribution is 2.00. The molecule has 0 aliphatic carbocycles. The van der Waals surface area contributed by atoms with E-state index in [1.165, 1.54) is 7.11 Å². The molecule has 0 aliphatic heterocycles. The Balaban J connectivity index is 0.000000204. The van der Waals surface area contributed by atoms with E-state index in [0.29, 0.717) is 11.1 Å². The summed E-state index contributed by atoms with van der Waals surface area (Å²) in [4.78, 5) is 29.6. The third kappa shape index (κ3) is 5.32. The van der Waals surface area contributed by atoms with Crippen LogP contribution in [0.15, 0.2) is 60.7 Å². The van der Waals surface area contributed by atoms with Crippen LogP contribution in [-0.2, 0) is 9.78 Å². The topological polar surface area (TPSA) is 72.8 Å². The van der Waals surface area contributed by atoms with Gasteiger partial charge in [-0.15, -0.1) is 0 Å². The molecule has 0 saturated heterocycles. The van der Waals surface area contributed by atoms with Crippen LogP contribution in [0.2, 0.25) is 0 Å². The van der Waals surface area contributed by atoms with E-state index >= 15 is 0 Å². The van der Waals surface area contributed by atoms with E-state index < -0.39 is 11.9 Å². The number of carboxylic acids is 1. The number of hydrogen-bond acceptors (Lipinski definition) is 4. The standard InChI is InChI=1S/C8H8O3.C7H6O2/c1-10-11-8(9)7-5-3-2-4-6-7;8-7(9)6-4-2-1-3-5-6/h2-6H,1H3;1-5H,(H,8,9). The predicted octanol–water partition coefficient (Wildman–Crippen LogP) is 2.79. The fraction of sp³-hybridized carbons (Fsp3) is 0.0667. The number of carbonyl (C=O) groups is 2. The summed E-state index contributed by atoms with van der Waals surface area (Å²) in [6.45, 7) is 0. The number of aromatic carboxylic acids is 1. The van der Waals surface area contributed by atoms with Crippen molar-refractivity contribution in [2.24, 2.45) is 0 Å². The first-order valence-corrected chi connectivity index (χ1v) is 5.73. The lowest BCUT2D eigenvalue weighted by Crippen LogP contribution is -2.02. The Bertz CT molecular complexity index is 537. The van der Waals surface area contributed by atoms with Crippen LogP contribution in [0.5, 0.6) is 0 Å². The summed E-state index contributed by atoms with van der Waals surface area (Å²) in [7, 11) is 1.29. The van der Waals surface area contributed by atoms with E-state index in [1.807, 2.05) is 6.07 Å². The molecule has 2 rings (SSSR count). The first-order chi connectivity index (χ1) is 9.65. The Hall–Kier alpha value is -2.66. The van der Waals surface area contributed by atoms with Crippen molar-refractivity contribution in [3.63, 3.8) is 0 Å². The second-order valence-corrected chi connectivity index (χ2v) is 3.57. The zero-order valence-electron chi connectivity index (χ0n) is 10.9. The van der Waals surface area contributed by atoms with Gasteiger partial charge in [-0.25, -0.2) is 9.59 Å². The van der Waals surface area contributed by atoms with Crippen molar-refractivity contribution in [1.82, 2.24) is 0 Å². The fourth-order valence-corrected chi connectivity index (χ4v) is 1.28. The minimum absolute atomic E-state index is 0.331. The molecule has 0 aliphatic rings. The third-order valence-corrected chi connectivity index (χ3v) is 2.19. The summed E-state index contributed by atoms with van der Waals surface area (Å²) in [5.41, 5.74) is 0.812. The maximum Gasteiger partial charge on any atom is 0.373 e. The average Bonchev–Trinajstić information content (AvgIpc) is 2.50. The maximum absolute atomic E-state index is 10.9. The van der Waals surface area contributed by atoms with Crippen molar-refractivity contribution in [2.45, 2.75) is 0 Å². The highest BCUT2D eigenvalue weighted by atomic mass is 17.2. The van der Waals surface area contributed by atoms with Gasteiger partial charge >= 0.3 is 11.9 Å². The number of carboxylic acid groups (broad SMARTS) is 1. The second-order valence-electron chi connectivity index (χ2n) is 3.57. The summed E-state index contributed by atoms with van der Waals surface area (Å²) in [5.74, 6) is -1.36. The molecule has 0 atom stereocenters. The lowest BCUT2D eigenvalue weighted by molar-refractivity contribution is -0.216. The Morgan fingerprint density at radius 3 is 1.65 bits per heavy atom. The van der Waals surface area contributed by atoms with Crippen molar-refractivity contribution in [3.8, 4) is 0 Å². The van der Waals surface area contributed by atoms with E-state index in [0.717, 1.165) is 0 Å². The molecular formula is C15H14O5. The molecule has 20 heavy (non-hydrogen) atoms. The van der Waals surface area contributed by atoms with Gasteiger partial charge in [0.05, 0.1) is 18.2 Å². The van der Waals surface area contributed by atoms with Crippen LogP contribution in [0.25, 0.3) is 0 Å². The molecule has 0 radical (unpaired) electrons. The molecule has 2 aromatic carbocycles. The van der Waals surface area contributed by atoms with Gasteiger partial charge in [0.1, 0.15) is 0 Å². The smallest absolute Gasteiger partial charge is 0.373 e. The fourth-order valence-electron chi connectivity index (χ4n) is 1.28. The third-order valence-electron chi connectivity index (χ3n) is 2.19. The van der Waals surface area contributed by atoms with Gasteiger partial charge in [0.15, 0.2) is 0 Å². The van der Waals surface area contributed by atoms with Crippen molar-refractivity contribution in [1.29, 1.82) is 0 Å². The van der Waals surface area contributed by atoms with Gasteiger partial charge < -0.3 is 5.11 Å². The van der Waals surface area contributed by atoms with Crippen LogP contribution in [0, 0.1) is 0 Å². The molecular weight excluding hydrogens is 260 g/mol. The van der Waals surface area contributed by atoms with Crippen LogP contribution in [0.3, 0.4) is 0 Å². The van der Waals surface area contributed by atoms with Gasteiger partial charge in [0.25, 0.3) is 0 Å². The van der Waals surface area contributed by atoms with Crippen molar-refractivity contribution >= 4 is 11.9 Å². The quantitative estimate of drug-likeness (QED) is 0.688. The number of rotatable bonds is 3. The number of benzene rings is 2. The molecule has 0 heterocycles. The summed E-state index contributed by atoms with van der Waals surface area (Å²) >= 11 is 0. The molecule has 104 valence electrons. The molecule has 0 amide bonds. The lowest BCUT2D eigenvalue weighted by Gasteiger charge is -1.97. The summed E-state index contributed by atoms with van der Waals surface area (Å²) < 4.78 is 0. The predicted molar refractivity (Wildman–Crippen MR) is 72.3 cm³/mol. The Morgan fingerprint density at radius 2 is 1.30 bits per heavy atom. The monoisotopic (exact) mass is 274 g/mol. The zero-order chi connectivity index (χ0) is 14.8. The first kappa shape index (κ1) is 15.4. The van der Waals surface area contributed by atoms with Crippen LogP contribution >= 0.6 is 0 Å². The number of hydrogen-bond donors (Lipinski definition) is 1. The van der Waals surface area contributed by atoms with E-state index in [4.69, 9.17) is 5.11 Å². The van der Waals surface area contributed by atoms with Gasteiger partial charge in [-0.2, -0.15) is 4.89 Å². The lowest BCUT2D eigenvalue weighted by atomic mass is 10.2. The Labute approximate surface area is 116 Å². The molecule has 0 saturated carbocycles. The first-order valence-electron chi connectivity index (χ1n) is 5.73. The van der Waals surface area contributed by atoms with Crippen LogP contribution in [0.4, 0.5) is 0 Å². The maximum atomic E-state index is 10.9. The van der Waals surface area contributed by atoms with Crippen molar-refractivity contribution < 1.29 is 24.5 Å². The van der Waals surface area contributed by atoms with E-state index in [9.17, 15) is 9.59 Å². The highest BCUT2D eigenvalue weighted by molar-refractivity contribution is 5.88. The Kier molecular flexibility index (Phi) is 6.50. The average molecular weight is 274 g/mol. The summed E-state index contributed by atoms with van der Waals surface area (Å²) in [6, 6.07) is 16.9. The number of carbonyl (C=O) groups excluding carboxylic acids is 1. The largest absolute Gasteiger partial charge is 0.478 e. The zero-order valence-corrected chi connectivity index (χ0v) is 10.9. The molecule has 5 nitrogen and oxygen atoms in total. The van der Waals surface area contributed by atoms with Crippen molar-refractivity contribution in [3.05, 3.63) is 71.8 Å². The molecule has 0 bridgehead atoms. The molecule has 0 unspecified atom stereocenters. The molecule has 0 aromatic heterocycles. The molecule has 5 heteroatoms. The molecule has 1 N–H and O–H groups in total. The minimum Gasteiger partial charge on any atom is -0.478 e. The summed E-state index contributed by atoms with van der Waals surface area (Å²) in [6.07, 6.45) is 0. The van der Waals surface area contributed by atoms with Gasteiger partial charge in [-0.1, -0.05) is 36.4 Å². The van der Waals surface area contributed by atoms with Crippen LogP contribution in [-0.4, -0.2) is 24.2 Å². The van der Waals surface area contributed by atoms with Crippen molar-refractivity contribution in [2.75, 3.05) is 7.11 Å². The molecule has 0 fully saturated rings. The molecule has 2 aromatic rings. The normalized spacial score (nSPS) is 9.05. The highest BCUT2D eigenvalue weighted by Gasteiger charge is 2.04. The van der Waals surface area contributed by atoms with Crippen LogP contribution in [0.1, 0.15) is 20.7 Å². The van der Waals surface area contributed by atoms with E-state index in [1.54, 1.807) is 54.6 Å². The summed E-state index contributed by atoms with van der Waals surface area (Å²) in [5, 5.41) is 8.38. The van der Waals surface area contributed by atoms with Gasteiger partial charge in [0.2, 0.25) is 0 Å². The van der Waals surface area contributed by atoms with E-state index in [2.05, 4.69) is 9.78 Å². The molecule has 0 spiro atoms. The minimum atomic E-state index is -0.879. The van der Waals surface area contributed by atoms with E-state index in [-0.39, 0.29) is 0 Å². The second kappa shape index (κ2) is 8.44.